The first-order valence-corrected chi connectivity index (χ1v) is 6.45. The predicted molar refractivity (Wildman–Crippen MR) is 76.5 cm³/mol. The Kier molecular flexibility index (Phi) is 4.27. The highest BCUT2D eigenvalue weighted by molar-refractivity contribution is 9.10. The number of benzene rings is 1. The first kappa shape index (κ1) is 13.0. The largest absolute Gasteiger partial charge is 0.389 e. The number of halogens is 1. The van der Waals surface area contributed by atoms with Crippen LogP contribution in [0, 0.1) is 0 Å². The van der Waals surface area contributed by atoms with Crippen molar-refractivity contribution < 1.29 is 4.52 Å². The molecule has 5 nitrogen and oxygen atoms in total. The lowest BCUT2D eigenvalue weighted by Crippen LogP contribution is -2.11. The minimum atomic E-state index is 0.374. The maximum atomic E-state index is 5.58. The number of hydrogen-bond donors (Lipinski definition) is 2. The summed E-state index contributed by atoms with van der Waals surface area (Å²) in [7, 11) is 0. The molecule has 0 amide bonds. The zero-order valence-corrected chi connectivity index (χ0v) is 11.8. The van der Waals surface area contributed by atoms with Crippen molar-refractivity contribution in [1.82, 2.24) is 10.1 Å². The second-order valence-electron chi connectivity index (χ2n) is 3.57. The SMILES string of the molecule is NC(=S)c1ccc(NCCc2ncno2)cc1Br. The predicted octanol–water partition coefficient (Wildman–Crippen LogP) is 2.12. The standard InChI is InChI=1S/C11H11BrN4OS/c12-9-5-7(1-2-8(9)11(13)18)14-4-3-10-15-6-16-17-10/h1-2,5-6,14H,3-4H2,(H2,13,18). The molecule has 0 aliphatic carbocycles. The molecule has 1 aromatic carbocycles. The van der Waals surface area contributed by atoms with E-state index in [1.54, 1.807) is 0 Å². The molecule has 0 unspecified atom stereocenters. The minimum absolute atomic E-state index is 0.374. The van der Waals surface area contributed by atoms with Crippen LogP contribution in [0.25, 0.3) is 0 Å². The Balaban J connectivity index is 1.94. The van der Waals surface area contributed by atoms with Gasteiger partial charge in [0.05, 0.1) is 0 Å². The maximum absolute atomic E-state index is 5.58. The molecule has 94 valence electrons. The van der Waals surface area contributed by atoms with E-state index in [1.807, 2.05) is 18.2 Å². The second kappa shape index (κ2) is 5.92. The zero-order valence-electron chi connectivity index (χ0n) is 9.39. The third-order valence-corrected chi connectivity index (χ3v) is 3.19. The van der Waals surface area contributed by atoms with Crippen molar-refractivity contribution in [3.8, 4) is 0 Å². The molecule has 7 heteroatoms. The summed E-state index contributed by atoms with van der Waals surface area (Å²) in [4.78, 5) is 4.32. The van der Waals surface area contributed by atoms with E-state index >= 15 is 0 Å². The number of nitrogens with one attached hydrogen (secondary N) is 1. The number of thiocarbonyl (C=S) groups is 1. The molecule has 3 N–H and O–H groups in total. The van der Waals surface area contributed by atoms with Gasteiger partial charge in [-0.3, -0.25) is 0 Å². The van der Waals surface area contributed by atoms with E-state index < -0.39 is 0 Å². The lowest BCUT2D eigenvalue weighted by molar-refractivity contribution is 0.380. The molecule has 18 heavy (non-hydrogen) atoms. The molecule has 0 radical (unpaired) electrons. The lowest BCUT2D eigenvalue weighted by atomic mass is 10.2. The molecular formula is C11H11BrN4OS. The van der Waals surface area contributed by atoms with Gasteiger partial charge in [-0.1, -0.05) is 17.4 Å². The van der Waals surface area contributed by atoms with Gasteiger partial charge in [-0.2, -0.15) is 4.98 Å². The summed E-state index contributed by atoms with van der Waals surface area (Å²) >= 11 is 8.36. The van der Waals surface area contributed by atoms with Gasteiger partial charge < -0.3 is 15.6 Å². The number of aromatic nitrogens is 2. The van der Waals surface area contributed by atoms with Crippen molar-refractivity contribution in [3.05, 3.63) is 40.5 Å². The lowest BCUT2D eigenvalue weighted by Gasteiger charge is -2.08. The van der Waals surface area contributed by atoms with Gasteiger partial charge >= 0.3 is 0 Å². The fourth-order valence-electron chi connectivity index (χ4n) is 1.44. The number of nitrogens with zero attached hydrogens (tertiary/aromatic N) is 2. The van der Waals surface area contributed by atoms with Crippen LogP contribution in [0.15, 0.2) is 33.5 Å². The average molecular weight is 327 g/mol. The van der Waals surface area contributed by atoms with E-state index in [2.05, 4.69) is 31.4 Å². The highest BCUT2D eigenvalue weighted by Crippen LogP contribution is 2.21. The smallest absolute Gasteiger partial charge is 0.228 e. The van der Waals surface area contributed by atoms with Crippen molar-refractivity contribution in [2.45, 2.75) is 6.42 Å². The van der Waals surface area contributed by atoms with Gasteiger partial charge in [0.15, 0.2) is 6.33 Å². The average Bonchev–Trinajstić information content (AvgIpc) is 2.81. The van der Waals surface area contributed by atoms with E-state index in [9.17, 15) is 0 Å². The Labute approximate surface area is 118 Å². The summed E-state index contributed by atoms with van der Waals surface area (Å²) in [6.45, 7) is 0.709. The molecule has 2 rings (SSSR count). The van der Waals surface area contributed by atoms with Crippen LogP contribution in [0.2, 0.25) is 0 Å². The summed E-state index contributed by atoms with van der Waals surface area (Å²) in [6.07, 6.45) is 2.07. The van der Waals surface area contributed by atoms with Crippen molar-refractivity contribution in [2.75, 3.05) is 11.9 Å². The van der Waals surface area contributed by atoms with Crippen LogP contribution in [0.4, 0.5) is 5.69 Å². The van der Waals surface area contributed by atoms with Crippen molar-refractivity contribution in [1.29, 1.82) is 0 Å². The summed E-state index contributed by atoms with van der Waals surface area (Å²) in [5.74, 6) is 0.612. The fourth-order valence-corrected chi connectivity index (χ4v) is 2.35. The van der Waals surface area contributed by atoms with E-state index in [1.165, 1.54) is 6.33 Å². The van der Waals surface area contributed by atoms with Gasteiger partial charge in [-0.05, 0) is 34.1 Å². The van der Waals surface area contributed by atoms with Gasteiger partial charge in [0.25, 0.3) is 0 Å². The first-order chi connectivity index (χ1) is 8.66. The zero-order chi connectivity index (χ0) is 13.0. The summed E-state index contributed by atoms with van der Waals surface area (Å²) < 4.78 is 5.77. The highest BCUT2D eigenvalue weighted by atomic mass is 79.9. The third kappa shape index (κ3) is 3.27. The van der Waals surface area contributed by atoms with Crippen molar-refractivity contribution >= 4 is 38.8 Å². The van der Waals surface area contributed by atoms with Crippen molar-refractivity contribution in [2.24, 2.45) is 5.73 Å². The molecule has 0 aliphatic rings. The van der Waals surface area contributed by atoms with Crippen LogP contribution in [0.1, 0.15) is 11.5 Å². The number of anilines is 1. The Morgan fingerprint density at radius 1 is 1.50 bits per heavy atom. The van der Waals surface area contributed by atoms with Gasteiger partial charge in [-0.25, -0.2) is 0 Å². The number of nitrogens with two attached hydrogens (primary N) is 1. The summed E-state index contributed by atoms with van der Waals surface area (Å²) in [6, 6.07) is 5.73. The molecular weight excluding hydrogens is 316 g/mol. The maximum Gasteiger partial charge on any atom is 0.228 e. The van der Waals surface area contributed by atoms with Gasteiger partial charge in [0.1, 0.15) is 4.99 Å². The van der Waals surface area contributed by atoms with Crippen LogP contribution in [0.3, 0.4) is 0 Å². The number of hydrogen-bond acceptors (Lipinski definition) is 5. The van der Waals surface area contributed by atoms with Crippen LogP contribution >= 0.6 is 28.1 Å². The molecule has 0 fully saturated rings. The Morgan fingerprint density at radius 2 is 2.33 bits per heavy atom. The van der Waals surface area contributed by atoms with Crippen LogP contribution < -0.4 is 11.1 Å². The Hall–Kier alpha value is -1.47. The molecule has 1 heterocycles. The van der Waals surface area contributed by atoms with E-state index in [-0.39, 0.29) is 0 Å². The molecule has 1 aromatic heterocycles. The van der Waals surface area contributed by atoms with Crippen LogP contribution in [-0.4, -0.2) is 21.7 Å². The van der Waals surface area contributed by atoms with Crippen LogP contribution in [-0.2, 0) is 6.42 Å². The van der Waals surface area contributed by atoms with Gasteiger partial charge in [0, 0.05) is 28.7 Å². The summed E-state index contributed by atoms with van der Waals surface area (Å²) in [5, 5.41) is 6.79. The Bertz CT molecular complexity index is 544. The highest BCUT2D eigenvalue weighted by Gasteiger charge is 2.04. The molecule has 0 atom stereocenters. The molecule has 0 aliphatic heterocycles. The van der Waals surface area contributed by atoms with Gasteiger partial charge in [0.2, 0.25) is 5.89 Å². The first-order valence-electron chi connectivity index (χ1n) is 5.25. The topological polar surface area (TPSA) is 77.0 Å². The monoisotopic (exact) mass is 326 g/mol. The summed E-state index contributed by atoms with van der Waals surface area (Å²) in [5.41, 5.74) is 7.38. The normalized spacial score (nSPS) is 10.3. The molecule has 0 bridgehead atoms. The minimum Gasteiger partial charge on any atom is -0.389 e. The molecule has 0 saturated heterocycles. The van der Waals surface area contributed by atoms with E-state index in [4.69, 9.17) is 22.5 Å². The Morgan fingerprint density at radius 3 is 2.94 bits per heavy atom. The quantitative estimate of drug-likeness (QED) is 0.819. The van der Waals surface area contributed by atoms with Crippen molar-refractivity contribution in [3.63, 3.8) is 0 Å². The van der Waals surface area contributed by atoms with E-state index in [0.717, 1.165) is 15.7 Å². The third-order valence-electron chi connectivity index (χ3n) is 2.31. The van der Waals surface area contributed by atoms with Gasteiger partial charge in [-0.15, -0.1) is 0 Å². The van der Waals surface area contributed by atoms with Crippen LogP contribution in [0.5, 0.6) is 0 Å². The molecule has 0 saturated carbocycles. The molecule has 2 aromatic rings. The van der Waals surface area contributed by atoms with E-state index in [0.29, 0.717) is 23.8 Å². The number of rotatable bonds is 5. The second-order valence-corrected chi connectivity index (χ2v) is 4.86. The fraction of sp³-hybridized carbons (Fsp3) is 0.182. The molecule has 0 spiro atoms.